The molecule has 1 aliphatic heterocycles. The van der Waals surface area contributed by atoms with Crippen LogP contribution in [0.1, 0.15) is 20.3 Å². The van der Waals surface area contributed by atoms with Crippen LogP contribution >= 0.6 is 47.1 Å². The summed E-state index contributed by atoms with van der Waals surface area (Å²) in [4.78, 5) is 19.0. The number of thioether (sulfide) groups is 1. The number of thiazole rings is 1. The van der Waals surface area contributed by atoms with E-state index in [1.807, 2.05) is 62.4 Å². The SMILES string of the molecule is CCO/C(CC)=C1\C(=O)N(c2nc3ccccc3s2)N=C1CSc1ccc(Cl)cc1.Cl. The molecule has 9 heteroatoms. The number of hydrogen-bond donors (Lipinski definition) is 0. The van der Waals surface area contributed by atoms with E-state index in [4.69, 9.17) is 16.3 Å². The Morgan fingerprint density at radius 1 is 1.16 bits per heavy atom. The zero-order valence-electron chi connectivity index (χ0n) is 17.0. The van der Waals surface area contributed by atoms with Crippen LogP contribution in [0.2, 0.25) is 5.02 Å². The molecule has 0 N–H and O–H groups in total. The van der Waals surface area contributed by atoms with E-state index in [1.54, 1.807) is 11.8 Å². The second-order valence-electron chi connectivity index (χ2n) is 6.46. The topological polar surface area (TPSA) is 54.8 Å². The normalized spacial score (nSPS) is 15.1. The minimum absolute atomic E-state index is 0. The number of anilines is 1. The molecule has 162 valence electrons. The number of fused-ring (bicyclic) bond motifs is 1. The number of nitrogens with zero attached hydrogens (tertiary/aromatic N) is 3. The van der Waals surface area contributed by atoms with Crippen LogP contribution < -0.4 is 5.01 Å². The van der Waals surface area contributed by atoms with E-state index in [0.29, 0.717) is 46.0 Å². The van der Waals surface area contributed by atoms with E-state index in [0.717, 1.165) is 15.1 Å². The first-order valence-electron chi connectivity index (χ1n) is 9.63. The van der Waals surface area contributed by atoms with Crippen molar-refractivity contribution in [1.82, 2.24) is 4.98 Å². The molecule has 0 unspecified atom stereocenters. The maximum atomic E-state index is 13.3. The van der Waals surface area contributed by atoms with Gasteiger partial charge in [-0.25, -0.2) is 4.98 Å². The lowest BCUT2D eigenvalue weighted by Gasteiger charge is -2.11. The first-order chi connectivity index (χ1) is 14.6. The Balaban J connectivity index is 0.00000272. The fraction of sp³-hybridized carbons (Fsp3) is 0.227. The van der Waals surface area contributed by atoms with E-state index in [2.05, 4.69) is 10.1 Å². The van der Waals surface area contributed by atoms with Gasteiger partial charge in [-0.3, -0.25) is 4.79 Å². The van der Waals surface area contributed by atoms with Crippen LogP contribution in [-0.4, -0.2) is 29.0 Å². The second kappa shape index (κ2) is 10.5. The first kappa shape index (κ1) is 23.6. The van der Waals surface area contributed by atoms with Crippen molar-refractivity contribution >= 4 is 74.1 Å². The molecule has 0 saturated carbocycles. The number of halogens is 2. The van der Waals surface area contributed by atoms with Crippen molar-refractivity contribution in [2.45, 2.75) is 25.2 Å². The molecule has 0 spiro atoms. The highest BCUT2D eigenvalue weighted by molar-refractivity contribution is 8.00. The lowest BCUT2D eigenvalue weighted by atomic mass is 10.1. The highest BCUT2D eigenvalue weighted by Crippen LogP contribution is 2.34. The fourth-order valence-electron chi connectivity index (χ4n) is 3.11. The van der Waals surface area contributed by atoms with Crippen molar-refractivity contribution in [3.63, 3.8) is 0 Å². The number of benzene rings is 2. The zero-order chi connectivity index (χ0) is 21.1. The summed E-state index contributed by atoms with van der Waals surface area (Å²) in [5.74, 6) is 1.02. The number of carbonyl (C=O) groups is 1. The van der Waals surface area contributed by atoms with Gasteiger partial charge in [0.05, 0.1) is 22.5 Å². The van der Waals surface area contributed by atoms with Crippen molar-refractivity contribution in [1.29, 1.82) is 0 Å². The van der Waals surface area contributed by atoms with Crippen molar-refractivity contribution in [2.75, 3.05) is 17.4 Å². The average Bonchev–Trinajstić information content (AvgIpc) is 3.32. The van der Waals surface area contributed by atoms with Gasteiger partial charge >= 0.3 is 0 Å². The van der Waals surface area contributed by atoms with Crippen molar-refractivity contribution in [3.05, 3.63) is 64.9 Å². The fourth-order valence-corrected chi connectivity index (χ4v) is 4.99. The predicted octanol–water partition coefficient (Wildman–Crippen LogP) is 6.57. The molecule has 0 fully saturated rings. The Kier molecular flexibility index (Phi) is 8.00. The van der Waals surface area contributed by atoms with Gasteiger partial charge in [-0.2, -0.15) is 10.1 Å². The Morgan fingerprint density at radius 2 is 1.90 bits per heavy atom. The standard InChI is InChI=1S/C22H20ClN3O2S2.ClH/c1-3-18(28-4-2)20-17(13-29-15-11-9-14(23)10-12-15)25-26(21(20)27)22-24-16-7-5-6-8-19(16)30-22;/h5-12H,3-4,13H2,1-2H3;1H/b20-18-;. The van der Waals surface area contributed by atoms with Crippen molar-refractivity contribution in [3.8, 4) is 0 Å². The molecule has 0 atom stereocenters. The smallest absolute Gasteiger partial charge is 0.286 e. The Morgan fingerprint density at radius 3 is 2.58 bits per heavy atom. The van der Waals surface area contributed by atoms with Gasteiger partial charge in [0.2, 0.25) is 5.13 Å². The third-order valence-electron chi connectivity index (χ3n) is 4.49. The summed E-state index contributed by atoms with van der Waals surface area (Å²) in [5, 5.41) is 7.33. The Labute approximate surface area is 200 Å². The third-order valence-corrected chi connectivity index (χ3v) is 6.77. The minimum Gasteiger partial charge on any atom is -0.497 e. The molecule has 0 aliphatic carbocycles. The number of hydrogen-bond acceptors (Lipinski definition) is 6. The molecular weight excluding hydrogens is 473 g/mol. The first-order valence-corrected chi connectivity index (χ1v) is 11.8. The highest BCUT2D eigenvalue weighted by atomic mass is 35.5. The highest BCUT2D eigenvalue weighted by Gasteiger charge is 2.35. The molecule has 1 aliphatic rings. The van der Waals surface area contributed by atoms with Crippen molar-refractivity contribution < 1.29 is 9.53 Å². The van der Waals surface area contributed by atoms with Gasteiger partial charge in [0.1, 0.15) is 11.3 Å². The molecule has 31 heavy (non-hydrogen) atoms. The van der Waals surface area contributed by atoms with E-state index in [9.17, 15) is 4.79 Å². The van der Waals surface area contributed by atoms with E-state index < -0.39 is 0 Å². The summed E-state index contributed by atoms with van der Waals surface area (Å²) < 4.78 is 6.81. The van der Waals surface area contributed by atoms with Crippen LogP contribution in [0.3, 0.4) is 0 Å². The lowest BCUT2D eigenvalue weighted by Crippen LogP contribution is -2.23. The van der Waals surface area contributed by atoms with Crippen LogP contribution in [0, 0.1) is 0 Å². The maximum absolute atomic E-state index is 13.3. The quantitative estimate of drug-likeness (QED) is 0.212. The average molecular weight is 494 g/mol. The minimum atomic E-state index is -0.189. The molecule has 0 bridgehead atoms. The van der Waals surface area contributed by atoms with Gasteiger partial charge in [0.25, 0.3) is 5.91 Å². The summed E-state index contributed by atoms with van der Waals surface area (Å²) in [5.41, 5.74) is 2.10. The molecule has 2 aromatic carbocycles. The van der Waals surface area contributed by atoms with E-state index in [-0.39, 0.29) is 18.3 Å². The molecular formula is C22H21Cl2N3O2S2. The summed E-state index contributed by atoms with van der Waals surface area (Å²) in [6, 6.07) is 15.5. The van der Waals surface area contributed by atoms with E-state index in [1.165, 1.54) is 16.3 Å². The van der Waals surface area contributed by atoms with Gasteiger partial charge in [0, 0.05) is 22.1 Å². The van der Waals surface area contributed by atoms with Crippen LogP contribution in [0.5, 0.6) is 0 Å². The number of allylic oxidation sites excluding steroid dienone is 1. The predicted molar refractivity (Wildman–Crippen MR) is 133 cm³/mol. The van der Waals surface area contributed by atoms with Crippen LogP contribution in [0.25, 0.3) is 10.2 Å². The second-order valence-corrected chi connectivity index (χ2v) is 8.95. The van der Waals surface area contributed by atoms with Crippen LogP contribution in [0.4, 0.5) is 5.13 Å². The number of para-hydroxylation sites is 1. The van der Waals surface area contributed by atoms with Gasteiger partial charge < -0.3 is 4.74 Å². The molecule has 0 saturated heterocycles. The third kappa shape index (κ3) is 5.06. The number of hydrazone groups is 1. The molecule has 2 heterocycles. The molecule has 3 aromatic rings. The van der Waals surface area contributed by atoms with Gasteiger partial charge in [-0.15, -0.1) is 24.2 Å². The number of amides is 1. The van der Waals surface area contributed by atoms with Crippen LogP contribution in [-0.2, 0) is 9.53 Å². The zero-order valence-corrected chi connectivity index (χ0v) is 20.2. The van der Waals surface area contributed by atoms with Gasteiger partial charge in [0.15, 0.2) is 0 Å². The Hall–Kier alpha value is -2.06. The van der Waals surface area contributed by atoms with Crippen LogP contribution in [0.15, 0.2) is 69.9 Å². The summed E-state index contributed by atoms with van der Waals surface area (Å²) in [6.45, 7) is 4.40. The summed E-state index contributed by atoms with van der Waals surface area (Å²) in [6.07, 6.45) is 0.618. The molecule has 1 aromatic heterocycles. The molecule has 5 nitrogen and oxygen atoms in total. The summed E-state index contributed by atoms with van der Waals surface area (Å²) >= 11 is 9.04. The number of rotatable bonds is 7. The Bertz CT molecular complexity index is 1110. The molecule has 1 amide bonds. The number of ether oxygens (including phenoxy) is 1. The largest absolute Gasteiger partial charge is 0.497 e. The van der Waals surface area contributed by atoms with E-state index >= 15 is 0 Å². The van der Waals surface area contributed by atoms with Gasteiger partial charge in [-0.05, 0) is 43.3 Å². The summed E-state index contributed by atoms with van der Waals surface area (Å²) in [7, 11) is 0. The van der Waals surface area contributed by atoms with Gasteiger partial charge in [-0.1, -0.05) is 42.0 Å². The number of carbonyl (C=O) groups excluding carboxylic acids is 1. The van der Waals surface area contributed by atoms with Crippen molar-refractivity contribution in [2.24, 2.45) is 5.10 Å². The lowest BCUT2D eigenvalue weighted by molar-refractivity contribution is -0.114. The molecule has 4 rings (SSSR count). The maximum Gasteiger partial charge on any atom is 0.286 e. The monoisotopic (exact) mass is 493 g/mol. The molecule has 0 radical (unpaired) electrons. The number of aromatic nitrogens is 1.